The van der Waals surface area contributed by atoms with E-state index >= 15 is 0 Å². The van der Waals surface area contributed by atoms with E-state index in [4.69, 9.17) is 4.74 Å². The topological polar surface area (TPSA) is 36.0 Å². The van der Waals surface area contributed by atoms with E-state index in [1.54, 1.807) is 0 Å². The summed E-state index contributed by atoms with van der Waals surface area (Å²) in [6.45, 7) is 12.1. The number of likely N-dealkylation sites (tertiary alicyclic amines) is 3. The molecule has 0 aromatic heterocycles. The highest BCUT2D eigenvalue weighted by Crippen LogP contribution is 2.40. The van der Waals surface area contributed by atoms with Crippen molar-refractivity contribution < 1.29 is 22.7 Å². The fourth-order valence-corrected chi connectivity index (χ4v) is 6.47. The van der Waals surface area contributed by atoms with Gasteiger partial charge in [0, 0.05) is 43.3 Å². The van der Waals surface area contributed by atoms with Crippen LogP contribution in [0.5, 0.6) is 5.75 Å². The summed E-state index contributed by atoms with van der Waals surface area (Å²) < 4.78 is 44.8. The van der Waals surface area contributed by atoms with Crippen molar-refractivity contribution >= 4 is 5.91 Å². The fourth-order valence-electron chi connectivity index (χ4n) is 6.47. The van der Waals surface area contributed by atoms with E-state index in [1.807, 2.05) is 4.90 Å². The van der Waals surface area contributed by atoms with Gasteiger partial charge in [-0.05, 0) is 107 Å². The largest absolute Gasteiger partial charge is 0.493 e. The molecule has 2 bridgehead atoms. The Kier molecular flexibility index (Phi) is 7.74. The predicted molar refractivity (Wildman–Crippen MR) is 141 cm³/mol. The number of carbonyl (C=O) groups is 1. The number of nitrogens with zero attached hydrogens (tertiary/aromatic N) is 3. The molecule has 38 heavy (non-hydrogen) atoms. The number of rotatable bonds is 8. The minimum atomic E-state index is -4.40. The number of benzene rings is 2. The first-order chi connectivity index (χ1) is 18.1. The van der Waals surface area contributed by atoms with Gasteiger partial charge in [-0.1, -0.05) is 6.07 Å². The van der Waals surface area contributed by atoms with E-state index in [9.17, 15) is 18.0 Å². The zero-order valence-electron chi connectivity index (χ0n) is 22.6. The van der Waals surface area contributed by atoms with Crippen molar-refractivity contribution in [2.24, 2.45) is 0 Å². The predicted octanol–water partition coefficient (Wildman–Crippen LogP) is 5.85. The number of carbonyl (C=O) groups excluding carboxylic acids is 1. The molecule has 3 atom stereocenters. The average molecular weight is 530 g/mol. The molecule has 206 valence electrons. The van der Waals surface area contributed by atoms with Crippen LogP contribution in [-0.4, -0.2) is 72.0 Å². The van der Waals surface area contributed by atoms with E-state index in [-0.39, 0.29) is 24.0 Å². The Morgan fingerprint density at radius 3 is 2.34 bits per heavy atom. The van der Waals surface area contributed by atoms with Crippen LogP contribution in [0.2, 0.25) is 0 Å². The lowest BCUT2D eigenvalue weighted by Gasteiger charge is -2.38. The van der Waals surface area contributed by atoms with Crippen molar-refractivity contribution in [3.05, 3.63) is 64.2 Å². The summed E-state index contributed by atoms with van der Waals surface area (Å²) in [4.78, 5) is 19.9. The third kappa shape index (κ3) is 5.43. The number of ether oxygens (including phenoxy) is 1. The smallest absolute Gasteiger partial charge is 0.416 e. The molecule has 3 saturated heterocycles. The second-order valence-electron chi connectivity index (χ2n) is 11.1. The summed E-state index contributed by atoms with van der Waals surface area (Å²) in [5.74, 6) is 0.771. The Bertz CT molecular complexity index is 1140. The van der Waals surface area contributed by atoms with Crippen molar-refractivity contribution in [1.82, 2.24) is 14.7 Å². The maximum Gasteiger partial charge on any atom is 0.416 e. The van der Waals surface area contributed by atoms with Crippen LogP contribution in [0, 0.1) is 13.8 Å². The van der Waals surface area contributed by atoms with Gasteiger partial charge in [-0.25, -0.2) is 0 Å². The zero-order valence-corrected chi connectivity index (χ0v) is 22.6. The quantitative estimate of drug-likeness (QED) is 0.402. The van der Waals surface area contributed by atoms with Crippen LogP contribution < -0.4 is 4.74 Å². The second kappa shape index (κ2) is 10.9. The van der Waals surface area contributed by atoms with Crippen LogP contribution in [0.4, 0.5) is 13.2 Å². The van der Waals surface area contributed by atoms with E-state index < -0.39 is 11.7 Å². The maximum absolute atomic E-state index is 13.1. The van der Waals surface area contributed by atoms with Gasteiger partial charge in [-0.2, -0.15) is 13.2 Å². The Morgan fingerprint density at radius 2 is 1.71 bits per heavy atom. The third-order valence-corrected chi connectivity index (χ3v) is 8.80. The van der Waals surface area contributed by atoms with Gasteiger partial charge in [-0.15, -0.1) is 0 Å². The van der Waals surface area contributed by atoms with Crippen LogP contribution in [0.15, 0.2) is 36.4 Å². The summed E-state index contributed by atoms with van der Waals surface area (Å²) in [5, 5.41) is 0. The van der Waals surface area contributed by atoms with Crippen LogP contribution >= 0.6 is 0 Å². The first-order valence-electron chi connectivity index (χ1n) is 13.8. The summed E-state index contributed by atoms with van der Waals surface area (Å²) in [6.07, 6.45) is 0.150. The second-order valence-corrected chi connectivity index (χ2v) is 11.1. The number of piperazine rings is 1. The van der Waals surface area contributed by atoms with Gasteiger partial charge in [0.2, 0.25) is 0 Å². The molecule has 3 aliphatic rings. The Balaban J connectivity index is 1.18. The molecular formula is C30H38F3N3O2. The highest BCUT2D eigenvalue weighted by molar-refractivity contribution is 5.94. The zero-order chi connectivity index (χ0) is 27.0. The molecule has 2 aromatic carbocycles. The Morgan fingerprint density at radius 1 is 1.00 bits per heavy atom. The summed E-state index contributed by atoms with van der Waals surface area (Å²) in [7, 11) is 0. The van der Waals surface area contributed by atoms with Gasteiger partial charge in [0.05, 0.1) is 12.2 Å². The van der Waals surface area contributed by atoms with Gasteiger partial charge in [0.15, 0.2) is 0 Å². The first-order valence-corrected chi connectivity index (χ1v) is 13.8. The van der Waals surface area contributed by atoms with Crippen molar-refractivity contribution in [3.8, 4) is 5.75 Å². The highest BCUT2D eigenvalue weighted by atomic mass is 19.4. The van der Waals surface area contributed by atoms with Gasteiger partial charge >= 0.3 is 6.18 Å². The molecule has 0 radical (unpaired) electrons. The van der Waals surface area contributed by atoms with E-state index in [1.165, 1.54) is 54.8 Å². The summed E-state index contributed by atoms with van der Waals surface area (Å²) in [5.41, 5.74) is 3.28. The number of hydrogen-bond donors (Lipinski definition) is 0. The number of amides is 1. The van der Waals surface area contributed by atoms with Gasteiger partial charge in [0.25, 0.3) is 5.91 Å². The molecule has 1 amide bonds. The Hall–Kier alpha value is -2.58. The molecule has 0 aliphatic carbocycles. The molecule has 3 aliphatic heterocycles. The van der Waals surface area contributed by atoms with E-state index in [0.29, 0.717) is 12.1 Å². The number of alkyl halides is 3. The normalized spacial score (nSPS) is 22.8. The Labute approximate surface area is 223 Å². The number of fused-ring (bicyclic) bond motifs is 2. The van der Waals surface area contributed by atoms with Crippen molar-refractivity contribution in [2.45, 2.75) is 70.8 Å². The van der Waals surface area contributed by atoms with E-state index in [2.05, 4.69) is 42.7 Å². The molecule has 0 spiro atoms. The maximum atomic E-state index is 13.1. The molecule has 0 N–H and O–H groups in total. The summed E-state index contributed by atoms with van der Waals surface area (Å²) >= 11 is 0. The lowest BCUT2D eigenvalue weighted by atomic mass is 9.96. The average Bonchev–Trinajstić information content (AvgIpc) is 3.66. The molecule has 0 saturated carbocycles. The van der Waals surface area contributed by atoms with Crippen LogP contribution in [-0.2, 0) is 6.18 Å². The third-order valence-electron chi connectivity index (χ3n) is 8.80. The lowest BCUT2D eigenvalue weighted by Crippen LogP contribution is -2.49. The molecule has 8 heteroatoms. The highest BCUT2D eigenvalue weighted by Gasteiger charge is 2.47. The number of halogens is 3. The molecule has 0 unspecified atom stereocenters. The molecule has 3 fully saturated rings. The minimum Gasteiger partial charge on any atom is -0.493 e. The molecular weight excluding hydrogens is 491 g/mol. The lowest BCUT2D eigenvalue weighted by molar-refractivity contribution is -0.137. The van der Waals surface area contributed by atoms with Gasteiger partial charge in [-0.3, -0.25) is 9.69 Å². The summed E-state index contributed by atoms with van der Waals surface area (Å²) in [6, 6.07) is 9.37. The van der Waals surface area contributed by atoms with E-state index in [0.717, 1.165) is 50.4 Å². The van der Waals surface area contributed by atoms with Crippen molar-refractivity contribution in [1.29, 1.82) is 0 Å². The van der Waals surface area contributed by atoms with Crippen LogP contribution in [0.3, 0.4) is 0 Å². The molecule has 5 rings (SSSR count). The van der Waals surface area contributed by atoms with Crippen molar-refractivity contribution in [3.63, 3.8) is 0 Å². The first kappa shape index (κ1) is 27.0. The monoisotopic (exact) mass is 529 g/mol. The van der Waals surface area contributed by atoms with Crippen LogP contribution in [0.25, 0.3) is 0 Å². The van der Waals surface area contributed by atoms with Crippen LogP contribution in [0.1, 0.15) is 71.3 Å². The van der Waals surface area contributed by atoms with Gasteiger partial charge < -0.3 is 14.5 Å². The minimum absolute atomic E-state index is 0.0804. The fraction of sp³-hybridized carbons (Fsp3) is 0.567. The molecule has 5 nitrogen and oxygen atoms in total. The molecule has 3 heterocycles. The van der Waals surface area contributed by atoms with Crippen molar-refractivity contribution in [2.75, 3.05) is 39.3 Å². The SMILES string of the molecule is Cc1c(OCCCN2CCCC2)ccc([C@H](C)N2C[C@@H]3C[C@H]2CN3C(=O)c2ccc(C(F)(F)F)cc2)c1C. The van der Waals surface area contributed by atoms with Gasteiger partial charge in [0.1, 0.15) is 5.75 Å². The molecule has 2 aromatic rings. The number of hydrogen-bond acceptors (Lipinski definition) is 4. The standard InChI is InChI=1S/C30H38F3N3O2/c1-20-21(2)28(38-16-6-15-34-13-4-5-14-34)12-11-27(20)22(3)35-18-26-17-25(35)19-36(26)29(37)23-7-9-24(10-8-23)30(31,32)33/h7-12,22,25-26H,4-6,13-19H2,1-3H3/t22-,25-,26-/m0/s1.